The number of benzene rings is 2. The molecule has 2 aromatic carbocycles. The second kappa shape index (κ2) is 16.2. The molecule has 0 saturated carbocycles. The van der Waals surface area contributed by atoms with Crippen molar-refractivity contribution in [3.05, 3.63) is 70.8 Å². The number of hydrogen-bond donors (Lipinski definition) is 1. The van der Waals surface area contributed by atoms with Crippen LogP contribution in [0.5, 0.6) is 0 Å². The Labute approximate surface area is 331 Å². The minimum absolute atomic E-state index is 0. The number of furan rings is 1. The summed E-state index contributed by atoms with van der Waals surface area (Å²) in [4.78, 5) is 22.7. The van der Waals surface area contributed by atoms with E-state index in [0.29, 0.717) is 5.92 Å². The molecule has 0 fully saturated rings. The zero-order chi connectivity index (χ0) is 37.5. The van der Waals surface area contributed by atoms with Crippen molar-refractivity contribution in [2.24, 2.45) is 16.7 Å². The molecule has 1 radical (unpaired) electrons. The van der Waals surface area contributed by atoms with Gasteiger partial charge in [0.25, 0.3) is 0 Å². The van der Waals surface area contributed by atoms with Gasteiger partial charge in [0.2, 0.25) is 0 Å². The summed E-state index contributed by atoms with van der Waals surface area (Å²) in [6, 6.07) is 12.4. The van der Waals surface area contributed by atoms with Crippen LogP contribution in [0.2, 0.25) is 0 Å². The molecule has 4 heterocycles. The molecule has 52 heavy (non-hydrogen) atoms. The number of carbonyl (C=O) groups excluding carboxylic acids is 1. The third kappa shape index (κ3) is 7.97. The van der Waals surface area contributed by atoms with Gasteiger partial charge in [-0.1, -0.05) is 87.3 Å². The van der Waals surface area contributed by atoms with Crippen LogP contribution in [0, 0.1) is 29.7 Å². The Morgan fingerprint density at radius 2 is 1.60 bits per heavy atom. The van der Waals surface area contributed by atoms with E-state index in [9.17, 15) is 9.90 Å². The smallest absolute Gasteiger partial charge is 0.164 e. The monoisotopic (exact) mass is 916 g/mol. The Bertz CT molecular complexity index is 2220. The fraction of sp³-hybridized carbons (Fsp3) is 0.477. The second-order valence-corrected chi connectivity index (χ2v) is 17.9. The number of nitrogens with zero attached hydrogens (tertiary/aromatic N) is 2. The second-order valence-electron chi connectivity index (χ2n) is 16.0. The van der Waals surface area contributed by atoms with Gasteiger partial charge in [0.1, 0.15) is 28.3 Å². The summed E-state index contributed by atoms with van der Waals surface area (Å²) in [5.41, 5.74) is 4.96. The maximum atomic E-state index is 12.2. The van der Waals surface area contributed by atoms with E-state index in [2.05, 4.69) is 82.2 Å². The normalized spacial score (nSPS) is 12.9. The maximum Gasteiger partial charge on any atom is 0.164 e. The summed E-state index contributed by atoms with van der Waals surface area (Å²) in [6.07, 6.45) is 7.40. The van der Waals surface area contributed by atoms with Gasteiger partial charge in [-0.3, -0.25) is 9.78 Å². The topological polar surface area (TPSA) is 76.2 Å². The third-order valence-corrected chi connectivity index (χ3v) is 13.2. The number of aryl methyl sites for hydroxylation is 1. The Balaban J connectivity index is 0.000000289. The predicted molar refractivity (Wildman–Crippen MR) is 219 cm³/mol. The van der Waals surface area contributed by atoms with Gasteiger partial charge in [0.05, 0.1) is 0 Å². The maximum absolute atomic E-state index is 12.2. The number of allylic oxidation sites excluding steroid dienone is 2. The molecule has 0 aliphatic carbocycles. The number of carbonyl (C=O) groups is 1. The van der Waals surface area contributed by atoms with E-state index in [1.54, 1.807) is 29.0 Å². The fourth-order valence-corrected chi connectivity index (χ4v) is 8.90. The molecular formula is C44H55IrN2O3S2-. The first-order valence-corrected chi connectivity index (χ1v) is 20.2. The van der Waals surface area contributed by atoms with E-state index >= 15 is 0 Å². The standard InChI is InChI=1S/C29H27N2OS2.C15H28O2.Ir/c1-15(2)11-22-16(3)23-21(32-22)8-7-19-24-25(30-14-31-28(24)34-27(19)23)18-12-17-9-10-33-26(17)20(13-18)29(4,5)6;1-7-14(5,8-2)12(16)11-13(17)15(6,9-3)10-4;/h7-10,13-15H,11H2,1-6H3;11,16H,7-10H2,1-6H3;/q-1;;/b;12-11-;. The summed E-state index contributed by atoms with van der Waals surface area (Å²) < 4.78 is 8.83. The number of hydrogen-bond acceptors (Lipinski definition) is 7. The quantitative estimate of drug-likeness (QED) is 0.0842. The number of rotatable bonds is 10. The summed E-state index contributed by atoms with van der Waals surface area (Å²) in [5.74, 6) is 1.93. The Hall–Kier alpha value is -2.90. The summed E-state index contributed by atoms with van der Waals surface area (Å²) >= 11 is 3.53. The van der Waals surface area contributed by atoms with Crippen molar-refractivity contribution in [3.63, 3.8) is 0 Å². The van der Waals surface area contributed by atoms with Crippen LogP contribution in [0.4, 0.5) is 0 Å². The first-order valence-electron chi connectivity index (χ1n) is 18.5. The Morgan fingerprint density at radius 1 is 0.942 bits per heavy atom. The van der Waals surface area contributed by atoms with E-state index in [1.165, 1.54) is 37.4 Å². The van der Waals surface area contributed by atoms with Crippen molar-refractivity contribution in [2.75, 3.05) is 0 Å². The molecule has 0 spiro atoms. The molecule has 0 amide bonds. The van der Waals surface area contributed by atoms with Gasteiger partial charge in [0, 0.05) is 64.6 Å². The average Bonchev–Trinajstić information content (AvgIpc) is 3.81. The van der Waals surface area contributed by atoms with Crippen molar-refractivity contribution in [1.29, 1.82) is 0 Å². The first-order chi connectivity index (χ1) is 24.0. The van der Waals surface area contributed by atoms with Crippen LogP contribution in [0.15, 0.2) is 52.2 Å². The molecule has 1 N–H and O–H groups in total. The van der Waals surface area contributed by atoms with Gasteiger partial charge in [0.15, 0.2) is 5.78 Å². The minimum atomic E-state index is -0.337. The molecule has 6 aromatic rings. The number of ketones is 1. The molecule has 0 bridgehead atoms. The van der Waals surface area contributed by atoms with Crippen LogP contribution in [0.1, 0.15) is 119 Å². The molecule has 8 heteroatoms. The molecular weight excluding hydrogens is 861 g/mol. The number of thiophene rings is 2. The molecule has 0 atom stereocenters. The zero-order valence-electron chi connectivity index (χ0n) is 33.0. The molecule has 5 nitrogen and oxygen atoms in total. The SMILES string of the molecule is CCC(C)(CC)C(=O)/C=C(\O)C(C)(CC)CC.Cc1c(CC(C)C)oc2ccc3c(sc4ncnc(-c5[c-]c6ccsc6c(C(C)(C)C)c5)c43)c12.[Ir]. The number of aliphatic hydroxyl groups excluding tert-OH is 1. The van der Waals surface area contributed by atoms with Crippen LogP contribution in [0.3, 0.4) is 0 Å². The number of aliphatic hydroxyl groups is 1. The van der Waals surface area contributed by atoms with Crippen LogP contribution < -0.4 is 0 Å². The van der Waals surface area contributed by atoms with Crippen LogP contribution in [-0.2, 0) is 36.7 Å². The molecule has 4 aromatic heterocycles. The Kier molecular flexibility index (Phi) is 13.1. The molecule has 0 saturated heterocycles. The van der Waals surface area contributed by atoms with Gasteiger partial charge in [-0.15, -0.1) is 34.9 Å². The van der Waals surface area contributed by atoms with E-state index in [4.69, 9.17) is 9.40 Å². The van der Waals surface area contributed by atoms with E-state index in [-0.39, 0.29) is 47.9 Å². The van der Waals surface area contributed by atoms with Gasteiger partial charge in [-0.25, -0.2) is 4.98 Å². The van der Waals surface area contributed by atoms with Crippen LogP contribution in [-0.4, -0.2) is 20.9 Å². The molecule has 281 valence electrons. The van der Waals surface area contributed by atoms with Gasteiger partial charge in [-0.2, -0.15) is 11.3 Å². The molecule has 0 aliphatic rings. The van der Waals surface area contributed by atoms with Gasteiger partial charge >= 0.3 is 0 Å². The Morgan fingerprint density at radius 3 is 2.19 bits per heavy atom. The van der Waals surface area contributed by atoms with Gasteiger partial charge in [-0.05, 0) is 77.1 Å². The van der Waals surface area contributed by atoms with E-state index < -0.39 is 0 Å². The number of aromatic nitrogens is 2. The fourth-order valence-electron chi connectivity index (χ4n) is 6.59. The van der Waals surface area contributed by atoms with Gasteiger partial charge < -0.3 is 9.52 Å². The van der Waals surface area contributed by atoms with E-state index in [0.717, 1.165) is 70.3 Å². The van der Waals surface area contributed by atoms with E-state index in [1.807, 2.05) is 41.5 Å². The first kappa shape index (κ1) is 41.8. The summed E-state index contributed by atoms with van der Waals surface area (Å²) in [7, 11) is 0. The number of fused-ring (bicyclic) bond motifs is 6. The van der Waals surface area contributed by atoms with Crippen molar-refractivity contribution in [3.8, 4) is 11.3 Å². The van der Waals surface area contributed by atoms with Crippen LogP contribution >= 0.6 is 22.7 Å². The average molecular weight is 916 g/mol. The summed E-state index contributed by atoms with van der Waals surface area (Å²) in [5, 5.41) is 17.0. The molecule has 0 unspecified atom stereocenters. The minimum Gasteiger partial charge on any atom is -0.512 e. The van der Waals surface area contributed by atoms with Crippen LogP contribution in [0.25, 0.3) is 52.6 Å². The zero-order valence-corrected chi connectivity index (χ0v) is 37.0. The largest absolute Gasteiger partial charge is 0.512 e. The predicted octanol–water partition coefficient (Wildman–Crippen LogP) is 13.7. The van der Waals surface area contributed by atoms with Crippen molar-refractivity contribution in [1.82, 2.24) is 9.97 Å². The van der Waals surface area contributed by atoms with Crippen molar-refractivity contribution >= 4 is 69.8 Å². The third-order valence-electron chi connectivity index (χ3n) is 11.2. The summed E-state index contributed by atoms with van der Waals surface area (Å²) in [6.45, 7) is 25.6. The van der Waals surface area contributed by atoms with Crippen molar-refractivity contribution in [2.45, 2.75) is 121 Å². The molecule has 0 aliphatic heterocycles. The molecule has 6 rings (SSSR count). The van der Waals surface area contributed by atoms with Crippen molar-refractivity contribution < 1.29 is 34.4 Å².